The highest BCUT2D eigenvalue weighted by atomic mass is 32.2. The average molecular weight is 631 g/mol. The first-order valence-corrected chi connectivity index (χ1v) is 15.9. The van der Waals surface area contributed by atoms with E-state index < -0.39 is 18.0 Å². The maximum Gasteiger partial charge on any atom is 0.407 e. The van der Waals surface area contributed by atoms with Crippen molar-refractivity contribution < 1.29 is 23.9 Å². The predicted octanol–water partition coefficient (Wildman–Crippen LogP) is 5.95. The quantitative estimate of drug-likeness (QED) is 0.239. The summed E-state index contributed by atoms with van der Waals surface area (Å²) in [6.45, 7) is 1.69. The number of nitrogens with two attached hydrogens (primary N) is 1. The molecule has 230 valence electrons. The van der Waals surface area contributed by atoms with Gasteiger partial charge in [0.05, 0.1) is 17.7 Å². The Kier molecular flexibility index (Phi) is 7.58. The molecule has 1 aliphatic heterocycles. The van der Waals surface area contributed by atoms with Crippen molar-refractivity contribution >= 4 is 52.2 Å². The summed E-state index contributed by atoms with van der Waals surface area (Å²) < 4.78 is 7.32. The number of nitrogens with one attached hydrogen (secondary N) is 1. The molecule has 46 heavy (non-hydrogen) atoms. The Balaban J connectivity index is 1.16. The zero-order valence-electron chi connectivity index (χ0n) is 24.9. The Bertz CT molecular complexity index is 2010. The van der Waals surface area contributed by atoms with E-state index in [2.05, 4.69) is 17.4 Å². The molecule has 9 nitrogen and oxygen atoms in total. The molecule has 0 fully saturated rings. The standard InChI is InChI=1S/C36H30N4O5S/c1-21(41)39-17-23(24-8-6-7-13-31(24)39)18-40-32-16-22(34(37)42)14-15-33(32)46-20-30(35(40)43)38-36(44)45-19-29-27-11-4-2-9-25(27)26-10-3-5-12-28(26)29/h2-17,29-30H,18-20H2,1H3,(H2,37,42)(H,38,44)/t30-/m0/s1. The van der Waals surface area contributed by atoms with Gasteiger partial charge >= 0.3 is 6.09 Å². The van der Waals surface area contributed by atoms with Crippen LogP contribution in [0, 0.1) is 0 Å². The van der Waals surface area contributed by atoms with Crippen molar-refractivity contribution in [2.45, 2.75) is 30.3 Å². The molecule has 5 aromatic rings. The predicted molar refractivity (Wildman–Crippen MR) is 177 cm³/mol. The second-order valence-electron chi connectivity index (χ2n) is 11.4. The molecule has 0 bridgehead atoms. The molecule has 10 heteroatoms. The minimum absolute atomic E-state index is 0.0955. The van der Waals surface area contributed by atoms with Crippen molar-refractivity contribution in [1.29, 1.82) is 0 Å². The first-order chi connectivity index (χ1) is 22.3. The van der Waals surface area contributed by atoms with E-state index in [1.807, 2.05) is 60.7 Å². The maximum atomic E-state index is 14.2. The van der Waals surface area contributed by atoms with Crippen molar-refractivity contribution in [1.82, 2.24) is 9.88 Å². The summed E-state index contributed by atoms with van der Waals surface area (Å²) in [5.41, 5.74) is 12.3. The van der Waals surface area contributed by atoms with Crippen molar-refractivity contribution in [2.24, 2.45) is 5.73 Å². The van der Waals surface area contributed by atoms with E-state index >= 15 is 0 Å². The van der Waals surface area contributed by atoms with Gasteiger partial charge in [0, 0.05) is 40.6 Å². The number of carbonyl (C=O) groups is 4. The third-order valence-corrected chi connectivity index (χ3v) is 9.76. The van der Waals surface area contributed by atoms with Crippen LogP contribution in [0.3, 0.4) is 0 Å². The molecule has 0 unspecified atom stereocenters. The molecule has 3 amide bonds. The van der Waals surface area contributed by atoms with Gasteiger partial charge in [-0.1, -0.05) is 66.7 Å². The normalized spacial score (nSPS) is 15.5. The van der Waals surface area contributed by atoms with Crippen molar-refractivity contribution in [3.63, 3.8) is 0 Å². The first kappa shape index (κ1) is 29.4. The number of para-hydroxylation sites is 1. The number of primary amides is 1. The molecular weight excluding hydrogens is 600 g/mol. The lowest BCUT2D eigenvalue weighted by molar-refractivity contribution is -0.120. The number of thioether (sulfide) groups is 1. The maximum absolute atomic E-state index is 14.2. The molecule has 1 aromatic heterocycles. The number of aromatic nitrogens is 1. The molecule has 2 heterocycles. The molecule has 0 saturated heterocycles. The highest BCUT2D eigenvalue weighted by Crippen LogP contribution is 2.44. The van der Waals surface area contributed by atoms with Gasteiger partial charge in [0.25, 0.3) is 5.91 Å². The van der Waals surface area contributed by atoms with Gasteiger partial charge in [-0.15, -0.1) is 11.8 Å². The lowest BCUT2D eigenvalue weighted by atomic mass is 9.98. The topological polar surface area (TPSA) is 124 Å². The molecular formula is C36H30N4O5S. The summed E-state index contributed by atoms with van der Waals surface area (Å²) in [6, 6.07) is 27.7. The number of amides is 3. The van der Waals surface area contributed by atoms with E-state index in [-0.39, 0.29) is 42.2 Å². The van der Waals surface area contributed by atoms with Gasteiger partial charge in [-0.3, -0.25) is 19.0 Å². The summed E-state index contributed by atoms with van der Waals surface area (Å²) in [5.74, 6) is -1.03. The van der Waals surface area contributed by atoms with E-state index in [4.69, 9.17) is 10.5 Å². The molecule has 0 radical (unpaired) electrons. The van der Waals surface area contributed by atoms with Crippen LogP contribution in [0.25, 0.3) is 22.0 Å². The van der Waals surface area contributed by atoms with Gasteiger partial charge in [0.1, 0.15) is 12.6 Å². The van der Waals surface area contributed by atoms with Gasteiger partial charge < -0.3 is 20.7 Å². The summed E-state index contributed by atoms with van der Waals surface area (Å²) in [6.07, 6.45) is 1.03. The van der Waals surface area contributed by atoms with E-state index in [0.29, 0.717) is 5.69 Å². The van der Waals surface area contributed by atoms with Gasteiger partial charge in [-0.2, -0.15) is 0 Å². The third-order valence-electron chi connectivity index (χ3n) is 8.60. The number of nitrogens with zero attached hydrogens (tertiary/aromatic N) is 2. The van der Waals surface area contributed by atoms with Gasteiger partial charge in [-0.25, -0.2) is 4.79 Å². The molecule has 1 atom stereocenters. The number of ether oxygens (including phenoxy) is 1. The van der Waals surface area contributed by atoms with Crippen molar-refractivity contribution in [2.75, 3.05) is 17.3 Å². The lowest BCUT2D eigenvalue weighted by Crippen LogP contribution is -2.49. The van der Waals surface area contributed by atoms with E-state index in [1.54, 1.807) is 33.9 Å². The smallest absolute Gasteiger partial charge is 0.407 e. The highest BCUT2D eigenvalue weighted by molar-refractivity contribution is 7.99. The molecule has 7 rings (SSSR count). The summed E-state index contributed by atoms with van der Waals surface area (Å²) >= 11 is 1.39. The largest absolute Gasteiger partial charge is 0.449 e. The van der Waals surface area contributed by atoms with E-state index in [9.17, 15) is 19.2 Å². The molecule has 0 saturated carbocycles. The Morgan fingerprint density at radius 2 is 1.61 bits per heavy atom. The Hall–Kier alpha value is -5.35. The highest BCUT2D eigenvalue weighted by Gasteiger charge is 2.34. The number of benzene rings is 4. The lowest BCUT2D eigenvalue weighted by Gasteiger charge is -2.26. The number of alkyl carbamates (subject to hydrolysis) is 1. The molecule has 2 aliphatic rings. The summed E-state index contributed by atoms with van der Waals surface area (Å²) in [4.78, 5) is 54.4. The van der Waals surface area contributed by atoms with Crippen molar-refractivity contribution in [3.05, 3.63) is 119 Å². The van der Waals surface area contributed by atoms with Crippen LogP contribution in [0.5, 0.6) is 0 Å². The number of hydrogen-bond acceptors (Lipinski definition) is 6. The second kappa shape index (κ2) is 11.9. The van der Waals surface area contributed by atoms with Gasteiger partial charge in [0.2, 0.25) is 11.8 Å². The number of carbonyl (C=O) groups excluding carboxylic acids is 4. The van der Waals surface area contributed by atoms with Gasteiger partial charge in [-0.05, 0) is 52.1 Å². The molecule has 3 N–H and O–H groups in total. The van der Waals surface area contributed by atoms with Crippen molar-refractivity contribution in [3.8, 4) is 11.1 Å². The fraction of sp³-hybridized carbons (Fsp3) is 0.167. The zero-order chi connectivity index (χ0) is 31.9. The van der Waals surface area contributed by atoms with Crippen LogP contribution in [0.4, 0.5) is 10.5 Å². The van der Waals surface area contributed by atoms with Crippen LogP contribution in [0.1, 0.15) is 44.7 Å². The van der Waals surface area contributed by atoms with Crippen LogP contribution < -0.4 is 16.0 Å². The van der Waals surface area contributed by atoms with Crippen LogP contribution >= 0.6 is 11.8 Å². The van der Waals surface area contributed by atoms with Crippen LogP contribution in [0.2, 0.25) is 0 Å². The first-order valence-electron chi connectivity index (χ1n) is 14.9. The number of hydrogen-bond donors (Lipinski definition) is 2. The molecule has 0 spiro atoms. The van der Waals surface area contributed by atoms with Crippen LogP contribution in [-0.2, 0) is 16.1 Å². The van der Waals surface area contributed by atoms with Gasteiger partial charge in [0.15, 0.2) is 0 Å². The Morgan fingerprint density at radius 1 is 0.935 bits per heavy atom. The average Bonchev–Trinajstić information content (AvgIpc) is 3.56. The van der Waals surface area contributed by atoms with E-state index in [0.717, 1.165) is 43.6 Å². The summed E-state index contributed by atoms with van der Waals surface area (Å²) in [7, 11) is 0. The Morgan fingerprint density at radius 3 is 2.30 bits per heavy atom. The number of fused-ring (bicyclic) bond motifs is 5. The fourth-order valence-electron chi connectivity index (χ4n) is 6.41. The summed E-state index contributed by atoms with van der Waals surface area (Å²) in [5, 5.41) is 3.62. The fourth-order valence-corrected chi connectivity index (χ4v) is 7.46. The number of rotatable bonds is 6. The third kappa shape index (κ3) is 5.20. The molecule has 4 aromatic carbocycles. The van der Waals surface area contributed by atoms with Crippen LogP contribution in [0.15, 0.2) is 102 Å². The number of anilines is 1. The minimum atomic E-state index is -0.925. The SMILES string of the molecule is CC(=O)n1cc(CN2C(=O)[C@@H](NC(=O)OCC3c4ccccc4-c4ccccc43)CSc3ccc(C(N)=O)cc32)c2ccccc21. The second-order valence-corrected chi connectivity index (χ2v) is 12.4. The Labute approximate surface area is 269 Å². The van der Waals surface area contributed by atoms with E-state index in [1.165, 1.54) is 18.7 Å². The molecule has 1 aliphatic carbocycles. The zero-order valence-corrected chi connectivity index (χ0v) is 25.8. The minimum Gasteiger partial charge on any atom is -0.449 e. The monoisotopic (exact) mass is 630 g/mol. The van der Waals surface area contributed by atoms with Crippen LogP contribution in [-0.4, -0.2) is 46.8 Å².